The van der Waals surface area contributed by atoms with Crippen LogP contribution >= 0.6 is 0 Å². The predicted molar refractivity (Wildman–Crippen MR) is 98.5 cm³/mol. The molecular weight excluding hydrogens is 300 g/mol. The molecule has 3 heteroatoms. The number of hydrogen-bond donors (Lipinski definition) is 3. The van der Waals surface area contributed by atoms with Gasteiger partial charge in [0, 0.05) is 23.8 Å². The summed E-state index contributed by atoms with van der Waals surface area (Å²) in [6, 6.07) is 2.81. The van der Waals surface area contributed by atoms with Gasteiger partial charge >= 0.3 is 0 Å². The van der Waals surface area contributed by atoms with Crippen molar-refractivity contribution in [1.29, 1.82) is 0 Å². The molecule has 0 amide bonds. The van der Waals surface area contributed by atoms with Crippen molar-refractivity contribution in [3.8, 4) is 11.5 Å². The summed E-state index contributed by atoms with van der Waals surface area (Å²) < 4.78 is 70.0. The lowest BCUT2D eigenvalue weighted by Gasteiger charge is -2.38. The second-order valence-electron chi connectivity index (χ2n) is 6.63. The van der Waals surface area contributed by atoms with Crippen LogP contribution < -0.4 is 0 Å². The maximum atomic E-state index is 11.2. The van der Waals surface area contributed by atoms with Crippen molar-refractivity contribution >= 4 is 0 Å². The minimum Gasteiger partial charge on any atom is -0.507 e. The van der Waals surface area contributed by atoms with Crippen molar-refractivity contribution in [2.45, 2.75) is 77.5 Å². The number of phenolic OH excluding ortho intramolecular Hbond substituents is 2. The predicted octanol–water partition coefficient (Wildman–Crippen LogP) is 5.04. The van der Waals surface area contributed by atoms with Gasteiger partial charge in [0.15, 0.2) is 0 Å². The van der Waals surface area contributed by atoms with Crippen LogP contribution in [0.3, 0.4) is 0 Å². The van der Waals surface area contributed by atoms with E-state index in [0.717, 1.165) is 19.3 Å². The van der Waals surface area contributed by atoms with Crippen molar-refractivity contribution < 1.29 is 27.7 Å². The first-order valence-corrected chi connectivity index (χ1v) is 8.43. The van der Waals surface area contributed by atoms with Crippen LogP contribution in [0.5, 0.6) is 11.5 Å². The number of benzene rings is 1. The smallest absolute Gasteiger partial charge is 0.123 e. The van der Waals surface area contributed by atoms with Crippen LogP contribution in [0.1, 0.15) is 89.0 Å². The summed E-state index contributed by atoms with van der Waals surface area (Å²) >= 11 is 0. The third-order valence-corrected chi connectivity index (χ3v) is 4.67. The van der Waals surface area contributed by atoms with Gasteiger partial charge in [-0.25, -0.2) is 0 Å². The van der Waals surface area contributed by atoms with Crippen molar-refractivity contribution in [3.63, 3.8) is 0 Å². The van der Waals surface area contributed by atoms with E-state index in [9.17, 15) is 15.3 Å². The Morgan fingerprint density at radius 1 is 1.21 bits per heavy atom. The van der Waals surface area contributed by atoms with Gasteiger partial charge in [0.05, 0.1) is 5.60 Å². The zero-order valence-electron chi connectivity index (χ0n) is 23.0. The van der Waals surface area contributed by atoms with E-state index in [1.807, 2.05) is 6.92 Å². The number of hydrogen-bond acceptors (Lipinski definition) is 3. The molecule has 3 nitrogen and oxygen atoms in total. The van der Waals surface area contributed by atoms with E-state index in [0.29, 0.717) is 12.0 Å². The number of allylic oxidation sites excluding steroid dienone is 2. The molecule has 0 aliphatic heterocycles. The van der Waals surface area contributed by atoms with E-state index in [1.165, 1.54) is 18.2 Å². The molecule has 2 atom stereocenters. The maximum absolute atomic E-state index is 11.2. The van der Waals surface area contributed by atoms with Crippen LogP contribution in [0.15, 0.2) is 23.8 Å². The SMILES string of the molecule is [2H]C([2H])([2H])C1=C[C@H](c2c(O)cc(CCCCC)cc2O)[C@@H](C(O)(C([2H])([2H])[2H])C([2H])([2H])[2H])CC1. The van der Waals surface area contributed by atoms with E-state index < -0.39 is 49.5 Å². The second kappa shape index (κ2) is 7.60. The minimum atomic E-state index is -3.34. The zero-order valence-corrected chi connectivity index (χ0v) is 14.0. The van der Waals surface area contributed by atoms with Crippen molar-refractivity contribution in [2.24, 2.45) is 5.92 Å². The largest absolute Gasteiger partial charge is 0.507 e. The fraction of sp³-hybridized carbons (Fsp3) is 0.619. The summed E-state index contributed by atoms with van der Waals surface area (Å²) in [5.74, 6) is -3.66. The van der Waals surface area contributed by atoms with Gasteiger partial charge in [-0.2, -0.15) is 0 Å². The molecule has 0 heterocycles. The Morgan fingerprint density at radius 2 is 1.92 bits per heavy atom. The van der Waals surface area contributed by atoms with Crippen LogP contribution in [-0.2, 0) is 6.42 Å². The topological polar surface area (TPSA) is 60.7 Å². The fourth-order valence-corrected chi connectivity index (χ4v) is 3.40. The van der Waals surface area contributed by atoms with Gasteiger partial charge in [0.25, 0.3) is 0 Å². The van der Waals surface area contributed by atoms with Gasteiger partial charge in [-0.1, -0.05) is 31.4 Å². The first kappa shape index (κ1) is 9.86. The number of aryl methyl sites for hydroxylation is 1. The van der Waals surface area contributed by atoms with Crippen LogP contribution in [-0.4, -0.2) is 20.9 Å². The van der Waals surface area contributed by atoms with Gasteiger partial charge in [0.2, 0.25) is 0 Å². The Kier molecular flexibility index (Phi) is 3.12. The maximum Gasteiger partial charge on any atom is 0.123 e. The lowest BCUT2D eigenvalue weighted by molar-refractivity contribution is 0.00421. The normalized spacial score (nSPS) is 28.8. The Hall–Kier alpha value is -1.48. The van der Waals surface area contributed by atoms with Gasteiger partial charge < -0.3 is 15.3 Å². The van der Waals surface area contributed by atoms with Crippen LogP contribution in [0.4, 0.5) is 0 Å². The van der Waals surface area contributed by atoms with Crippen LogP contribution in [0.25, 0.3) is 0 Å². The van der Waals surface area contributed by atoms with Gasteiger partial charge in [-0.15, -0.1) is 0 Å². The highest BCUT2D eigenvalue weighted by atomic mass is 16.3. The molecule has 0 saturated heterocycles. The monoisotopic (exact) mass is 341 g/mol. The fourth-order valence-electron chi connectivity index (χ4n) is 3.40. The van der Waals surface area contributed by atoms with Crippen molar-refractivity contribution in [2.75, 3.05) is 0 Å². The van der Waals surface area contributed by atoms with Gasteiger partial charge in [-0.3, -0.25) is 0 Å². The summed E-state index contributed by atoms with van der Waals surface area (Å²) in [5.41, 5.74) is -2.79. The molecule has 2 rings (SSSR count). The van der Waals surface area contributed by atoms with E-state index in [-0.39, 0.29) is 24.0 Å². The Labute approximate surface area is 158 Å². The number of aliphatic hydroxyl groups is 1. The standard InChI is InChI=1S/C21H32O3/c1-5-6-7-8-15-12-18(22)20(19(23)13-15)16-11-14(2)9-10-17(16)21(3,4)24/h11-13,16-17,22-24H,5-10H2,1-4H3/t16-,17-/m0/s1/i2D3,3D3,4D3. The molecule has 0 saturated carbocycles. The van der Waals surface area contributed by atoms with E-state index in [2.05, 4.69) is 0 Å². The molecule has 0 bridgehead atoms. The average molecular weight is 342 g/mol. The van der Waals surface area contributed by atoms with Gasteiger partial charge in [0.1, 0.15) is 11.5 Å². The summed E-state index contributed by atoms with van der Waals surface area (Å²) in [6.07, 6.45) is 4.08. The minimum absolute atomic E-state index is 0.0481. The molecule has 0 radical (unpaired) electrons. The first-order chi connectivity index (χ1) is 14.9. The summed E-state index contributed by atoms with van der Waals surface area (Å²) in [6.45, 7) is -7.17. The number of rotatable bonds is 6. The zero-order chi connectivity index (χ0) is 25.4. The quantitative estimate of drug-likeness (QED) is 0.502. The molecule has 0 spiro atoms. The molecule has 0 unspecified atom stereocenters. The lowest BCUT2D eigenvalue weighted by Crippen LogP contribution is -2.36. The molecular formula is C21H32O3. The summed E-state index contributed by atoms with van der Waals surface area (Å²) in [7, 11) is 0. The third kappa shape index (κ3) is 4.32. The molecule has 3 N–H and O–H groups in total. The molecule has 1 aliphatic carbocycles. The first-order valence-electron chi connectivity index (χ1n) is 12.9. The van der Waals surface area contributed by atoms with Crippen molar-refractivity contribution in [1.82, 2.24) is 0 Å². The second-order valence-corrected chi connectivity index (χ2v) is 6.63. The highest BCUT2D eigenvalue weighted by Gasteiger charge is 2.38. The Bertz CT molecular complexity index is 832. The third-order valence-electron chi connectivity index (χ3n) is 4.67. The average Bonchev–Trinajstić information content (AvgIpc) is 2.64. The molecule has 1 aromatic rings. The molecule has 134 valence electrons. The van der Waals surface area contributed by atoms with Crippen LogP contribution in [0.2, 0.25) is 0 Å². The highest BCUT2D eigenvalue weighted by molar-refractivity contribution is 5.51. The number of aromatic hydroxyl groups is 2. The Morgan fingerprint density at radius 3 is 2.50 bits per heavy atom. The van der Waals surface area contributed by atoms with E-state index >= 15 is 0 Å². The summed E-state index contributed by atoms with van der Waals surface area (Å²) in [5, 5.41) is 32.7. The van der Waals surface area contributed by atoms with Crippen LogP contribution in [0, 0.1) is 5.92 Å². The van der Waals surface area contributed by atoms with Gasteiger partial charge in [-0.05, 0) is 69.9 Å². The number of unbranched alkanes of at least 4 members (excludes halogenated alkanes) is 2. The molecule has 1 aliphatic rings. The molecule has 0 aromatic heterocycles. The summed E-state index contributed by atoms with van der Waals surface area (Å²) in [4.78, 5) is 0. The highest BCUT2D eigenvalue weighted by Crippen LogP contribution is 2.47. The molecule has 1 aromatic carbocycles. The van der Waals surface area contributed by atoms with Crippen molar-refractivity contribution in [3.05, 3.63) is 34.9 Å². The molecule has 24 heavy (non-hydrogen) atoms. The number of phenols is 2. The van der Waals surface area contributed by atoms with E-state index in [4.69, 9.17) is 12.3 Å². The molecule has 0 fully saturated rings. The van der Waals surface area contributed by atoms with E-state index in [1.54, 1.807) is 0 Å². The lowest BCUT2D eigenvalue weighted by atomic mass is 9.69. The Balaban J connectivity index is 2.70.